The predicted molar refractivity (Wildman–Crippen MR) is 125 cm³/mol. The van der Waals surface area contributed by atoms with Gasteiger partial charge in [0.2, 0.25) is 0 Å². The molecule has 1 aromatic carbocycles. The van der Waals surface area contributed by atoms with Crippen LogP contribution in [0.2, 0.25) is 0 Å². The molecule has 162 valence electrons. The molecule has 29 heavy (non-hydrogen) atoms. The molecule has 2 saturated carbocycles. The molecule has 0 bridgehead atoms. The van der Waals surface area contributed by atoms with E-state index in [9.17, 15) is 4.79 Å². The highest BCUT2D eigenvalue weighted by Gasteiger charge is 2.23. The number of carbonyl (C=O) groups excluding carboxylic acids is 1. The van der Waals surface area contributed by atoms with Crippen LogP contribution in [0.1, 0.15) is 88.9 Å². The molecule has 3 rings (SSSR count). The van der Waals surface area contributed by atoms with Crippen molar-refractivity contribution >= 4 is 23.5 Å². The van der Waals surface area contributed by atoms with Crippen LogP contribution in [0.25, 0.3) is 0 Å². The van der Waals surface area contributed by atoms with Crippen LogP contribution < -0.4 is 15.4 Å². The van der Waals surface area contributed by atoms with Crippen molar-refractivity contribution in [3.05, 3.63) is 29.8 Å². The lowest BCUT2D eigenvalue weighted by Gasteiger charge is -2.31. The first-order chi connectivity index (χ1) is 13.9. The fraction of sp³-hybridized carbons (Fsp3) is 0.708. The van der Waals surface area contributed by atoms with Crippen molar-refractivity contribution in [2.45, 2.75) is 95.4 Å². The number of benzene rings is 1. The molecule has 0 aromatic heterocycles. The summed E-state index contributed by atoms with van der Waals surface area (Å²) >= 11 is 1.87. The minimum atomic E-state index is 0.0717. The Kier molecular flexibility index (Phi) is 8.31. The van der Waals surface area contributed by atoms with Gasteiger partial charge in [0, 0.05) is 34.6 Å². The Bertz CT molecular complexity index is 627. The minimum absolute atomic E-state index is 0.0717. The van der Waals surface area contributed by atoms with Crippen molar-refractivity contribution in [3.63, 3.8) is 0 Å². The summed E-state index contributed by atoms with van der Waals surface area (Å²) in [6, 6.07) is 9.00. The fourth-order valence-electron chi connectivity index (χ4n) is 4.26. The number of rotatable bonds is 7. The maximum atomic E-state index is 12.4. The van der Waals surface area contributed by atoms with Gasteiger partial charge in [0.1, 0.15) is 0 Å². The summed E-state index contributed by atoms with van der Waals surface area (Å²) in [5, 5.41) is 6.77. The van der Waals surface area contributed by atoms with Crippen molar-refractivity contribution in [1.82, 2.24) is 10.0 Å². The van der Waals surface area contributed by atoms with Crippen LogP contribution in [0.15, 0.2) is 24.3 Å². The van der Waals surface area contributed by atoms with E-state index >= 15 is 0 Å². The second-order valence-corrected chi connectivity index (χ2v) is 11.5. The summed E-state index contributed by atoms with van der Waals surface area (Å²) in [5.74, 6) is 0.810. The second-order valence-electron chi connectivity index (χ2n) is 9.82. The van der Waals surface area contributed by atoms with Crippen LogP contribution in [0.3, 0.4) is 0 Å². The van der Waals surface area contributed by atoms with Gasteiger partial charge in [-0.25, -0.2) is 0 Å². The number of carbonyl (C=O) groups is 1. The Hall–Kier alpha value is -1.20. The largest absolute Gasteiger partial charge is 0.385 e. The van der Waals surface area contributed by atoms with Crippen LogP contribution >= 0.6 is 11.9 Å². The third-order valence-corrected chi connectivity index (χ3v) is 7.12. The maximum absolute atomic E-state index is 12.4. The quantitative estimate of drug-likeness (QED) is 0.494. The zero-order chi connectivity index (χ0) is 20.7. The van der Waals surface area contributed by atoms with E-state index in [2.05, 4.69) is 36.1 Å². The summed E-state index contributed by atoms with van der Waals surface area (Å²) in [5.41, 5.74) is 1.88. The summed E-state index contributed by atoms with van der Waals surface area (Å²) in [4.78, 5) is 12.4. The minimum Gasteiger partial charge on any atom is -0.385 e. The monoisotopic (exact) mass is 417 g/mol. The van der Waals surface area contributed by atoms with Gasteiger partial charge < -0.3 is 10.6 Å². The van der Waals surface area contributed by atoms with Crippen LogP contribution in [-0.4, -0.2) is 29.3 Å². The highest BCUT2D eigenvalue weighted by molar-refractivity contribution is 7.98. The number of nitrogens with one attached hydrogen (secondary N) is 3. The molecule has 3 N–H and O–H groups in total. The van der Waals surface area contributed by atoms with Gasteiger partial charge in [0.05, 0.1) is 0 Å². The van der Waals surface area contributed by atoms with Crippen LogP contribution in [-0.2, 0) is 0 Å². The normalized spacial score (nSPS) is 23.6. The van der Waals surface area contributed by atoms with Crippen LogP contribution in [0, 0.1) is 5.92 Å². The lowest BCUT2D eigenvalue weighted by molar-refractivity contribution is 0.0927. The lowest BCUT2D eigenvalue weighted by atomic mass is 9.86. The summed E-state index contributed by atoms with van der Waals surface area (Å²) in [6.45, 7) is 7.79. The standard InChI is InChI=1S/C24H39N3OS/c1-24(2,3)29-27-22-13-9-18(10-14-22)17-25-20-15-11-19(12-16-20)23(28)26-21-7-5-4-6-8-21/h11-12,15-16,18,21-22,25,27H,4-10,13-14,17H2,1-3H3,(H,26,28)/t18-,22-. The third-order valence-electron chi connectivity index (χ3n) is 6.06. The molecular weight excluding hydrogens is 378 g/mol. The van der Waals surface area contributed by atoms with Crippen molar-refractivity contribution in [1.29, 1.82) is 0 Å². The topological polar surface area (TPSA) is 53.2 Å². The third kappa shape index (κ3) is 7.86. The Morgan fingerprint density at radius 2 is 1.59 bits per heavy atom. The average Bonchev–Trinajstić information content (AvgIpc) is 2.72. The zero-order valence-electron chi connectivity index (χ0n) is 18.4. The van der Waals surface area contributed by atoms with E-state index in [0.717, 1.165) is 36.6 Å². The molecule has 4 nitrogen and oxygen atoms in total. The van der Waals surface area contributed by atoms with E-state index < -0.39 is 0 Å². The smallest absolute Gasteiger partial charge is 0.251 e. The molecule has 2 aliphatic carbocycles. The Balaban J connectivity index is 1.36. The van der Waals surface area contributed by atoms with Gasteiger partial charge in [-0.3, -0.25) is 9.52 Å². The molecule has 2 fully saturated rings. The van der Waals surface area contributed by atoms with Crippen molar-refractivity contribution in [2.24, 2.45) is 5.92 Å². The van der Waals surface area contributed by atoms with Crippen molar-refractivity contribution < 1.29 is 4.79 Å². The van der Waals surface area contributed by atoms with Crippen LogP contribution in [0.4, 0.5) is 5.69 Å². The second kappa shape index (κ2) is 10.7. The van der Waals surface area contributed by atoms with Gasteiger partial charge in [-0.15, -0.1) is 0 Å². The molecular formula is C24H39N3OS. The zero-order valence-corrected chi connectivity index (χ0v) is 19.2. The first kappa shape index (κ1) is 22.5. The van der Waals surface area contributed by atoms with Gasteiger partial charge in [-0.1, -0.05) is 31.2 Å². The molecule has 5 heteroatoms. The van der Waals surface area contributed by atoms with Gasteiger partial charge in [-0.2, -0.15) is 0 Å². The maximum Gasteiger partial charge on any atom is 0.251 e. The van der Waals surface area contributed by atoms with E-state index in [0.29, 0.717) is 12.1 Å². The van der Waals surface area contributed by atoms with Gasteiger partial charge in [-0.05, 0) is 89.5 Å². The Labute approximate surface area is 181 Å². The summed E-state index contributed by atoms with van der Waals surface area (Å²) < 4.78 is 3.94. The molecule has 0 spiro atoms. The van der Waals surface area contributed by atoms with Gasteiger partial charge >= 0.3 is 0 Å². The number of hydrogen-bond acceptors (Lipinski definition) is 4. The average molecular weight is 418 g/mol. The first-order valence-corrected chi connectivity index (χ1v) is 12.3. The molecule has 0 radical (unpaired) electrons. The molecule has 0 unspecified atom stereocenters. The highest BCUT2D eigenvalue weighted by Crippen LogP contribution is 2.28. The number of hydrogen-bond donors (Lipinski definition) is 3. The predicted octanol–water partition coefficient (Wildman–Crippen LogP) is 5.76. The van der Waals surface area contributed by atoms with E-state index in [1.807, 2.05) is 36.2 Å². The number of anilines is 1. The fourth-order valence-corrected chi connectivity index (χ4v) is 5.02. The van der Waals surface area contributed by atoms with Gasteiger partial charge in [0.25, 0.3) is 5.91 Å². The molecule has 0 aliphatic heterocycles. The van der Waals surface area contributed by atoms with Crippen molar-refractivity contribution in [3.8, 4) is 0 Å². The Morgan fingerprint density at radius 3 is 2.21 bits per heavy atom. The first-order valence-electron chi connectivity index (χ1n) is 11.5. The van der Waals surface area contributed by atoms with Gasteiger partial charge in [0.15, 0.2) is 0 Å². The highest BCUT2D eigenvalue weighted by atomic mass is 32.2. The van der Waals surface area contributed by atoms with Crippen molar-refractivity contribution in [2.75, 3.05) is 11.9 Å². The summed E-state index contributed by atoms with van der Waals surface area (Å²) in [7, 11) is 0. The van der Waals surface area contributed by atoms with E-state index in [-0.39, 0.29) is 10.7 Å². The SMILES string of the molecule is CC(C)(C)SN[C@H]1CC[C@H](CNc2ccc(C(=O)NC3CCCCC3)cc2)CC1. The molecule has 2 aliphatic rings. The molecule has 0 heterocycles. The molecule has 0 saturated heterocycles. The van der Waals surface area contributed by atoms with E-state index in [4.69, 9.17) is 0 Å². The molecule has 1 amide bonds. The number of amides is 1. The van der Waals surface area contributed by atoms with E-state index in [1.54, 1.807) is 0 Å². The van der Waals surface area contributed by atoms with Crippen LogP contribution in [0.5, 0.6) is 0 Å². The Morgan fingerprint density at radius 1 is 0.931 bits per heavy atom. The summed E-state index contributed by atoms with van der Waals surface area (Å²) in [6.07, 6.45) is 11.1. The molecule has 0 atom stereocenters. The molecule has 1 aromatic rings. The van der Waals surface area contributed by atoms with E-state index in [1.165, 1.54) is 44.9 Å². The lowest BCUT2D eigenvalue weighted by Crippen LogP contribution is -2.36.